The minimum absolute atomic E-state index is 0.155. The standard InChI is InChI=1S/C6H8BrClO/c7-6(8)5(9)4-2-1-3-4/h4,6H,1-3H2. The first-order chi connectivity index (χ1) is 4.22. The average molecular weight is 211 g/mol. The van der Waals surface area contributed by atoms with E-state index in [2.05, 4.69) is 15.9 Å². The molecule has 52 valence electrons. The number of alkyl halides is 2. The second kappa shape index (κ2) is 3.02. The summed E-state index contributed by atoms with van der Waals surface area (Å²) in [6.45, 7) is 0. The molecule has 0 bridgehead atoms. The van der Waals surface area contributed by atoms with Crippen LogP contribution in [0, 0.1) is 5.92 Å². The quantitative estimate of drug-likeness (QED) is 0.641. The Hall–Kier alpha value is 0.440. The van der Waals surface area contributed by atoms with Gasteiger partial charge in [-0.3, -0.25) is 4.79 Å². The van der Waals surface area contributed by atoms with Crippen LogP contribution in [0.2, 0.25) is 0 Å². The number of rotatable bonds is 2. The second-order valence-electron chi connectivity index (χ2n) is 2.33. The van der Waals surface area contributed by atoms with Gasteiger partial charge in [0.15, 0.2) is 5.78 Å². The van der Waals surface area contributed by atoms with Crippen LogP contribution in [-0.2, 0) is 4.79 Å². The van der Waals surface area contributed by atoms with Crippen LogP contribution < -0.4 is 0 Å². The normalized spacial score (nSPS) is 22.9. The summed E-state index contributed by atoms with van der Waals surface area (Å²) < 4.78 is -0.456. The molecular weight excluding hydrogens is 203 g/mol. The van der Waals surface area contributed by atoms with Crippen LogP contribution in [0.5, 0.6) is 0 Å². The highest BCUT2D eigenvalue weighted by atomic mass is 79.9. The van der Waals surface area contributed by atoms with Crippen molar-refractivity contribution in [3.8, 4) is 0 Å². The van der Waals surface area contributed by atoms with Crippen LogP contribution in [0.1, 0.15) is 19.3 Å². The van der Waals surface area contributed by atoms with Crippen molar-refractivity contribution in [3.63, 3.8) is 0 Å². The van der Waals surface area contributed by atoms with Crippen LogP contribution in [-0.4, -0.2) is 10.1 Å². The molecule has 1 unspecified atom stereocenters. The fraction of sp³-hybridized carbons (Fsp3) is 0.833. The smallest absolute Gasteiger partial charge is 0.164 e. The molecule has 1 aliphatic carbocycles. The van der Waals surface area contributed by atoms with E-state index in [1.807, 2.05) is 0 Å². The van der Waals surface area contributed by atoms with Gasteiger partial charge in [0.25, 0.3) is 0 Å². The molecule has 1 aliphatic rings. The molecule has 9 heavy (non-hydrogen) atoms. The van der Waals surface area contributed by atoms with Gasteiger partial charge >= 0.3 is 0 Å². The van der Waals surface area contributed by atoms with Gasteiger partial charge in [-0.05, 0) is 12.8 Å². The van der Waals surface area contributed by atoms with E-state index in [9.17, 15) is 4.79 Å². The average Bonchev–Trinajstić information content (AvgIpc) is 1.60. The maximum Gasteiger partial charge on any atom is 0.164 e. The predicted molar refractivity (Wildman–Crippen MR) is 40.9 cm³/mol. The second-order valence-corrected chi connectivity index (χ2v) is 4.21. The van der Waals surface area contributed by atoms with E-state index in [4.69, 9.17) is 11.6 Å². The van der Waals surface area contributed by atoms with Gasteiger partial charge in [-0.25, -0.2) is 0 Å². The molecule has 0 radical (unpaired) electrons. The number of halogens is 2. The maximum atomic E-state index is 10.9. The third kappa shape index (κ3) is 1.68. The van der Waals surface area contributed by atoms with E-state index in [0.717, 1.165) is 12.8 Å². The Morgan fingerprint density at radius 2 is 2.22 bits per heavy atom. The first kappa shape index (κ1) is 7.55. The third-order valence-corrected chi connectivity index (χ3v) is 2.39. The zero-order valence-corrected chi connectivity index (χ0v) is 7.28. The summed E-state index contributed by atoms with van der Waals surface area (Å²) >= 11 is 8.53. The van der Waals surface area contributed by atoms with E-state index in [1.165, 1.54) is 6.42 Å². The largest absolute Gasteiger partial charge is 0.297 e. The van der Waals surface area contributed by atoms with Gasteiger partial charge in [-0.2, -0.15) is 0 Å². The highest BCUT2D eigenvalue weighted by molar-refractivity contribution is 9.10. The van der Waals surface area contributed by atoms with Crippen molar-refractivity contribution in [1.29, 1.82) is 0 Å². The fourth-order valence-electron chi connectivity index (χ4n) is 0.871. The van der Waals surface area contributed by atoms with Crippen LogP contribution >= 0.6 is 27.5 Å². The van der Waals surface area contributed by atoms with Crippen molar-refractivity contribution >= 4 is 33.3 Å². The molecule has 1 nitrogen and oxygen atoms in total. The molecule has 0 amide bonds. The lowest BCUT2D eigenvalue weighted by atomic mass is 9.83. The summed E-state index contributed by atoms with van der Waals surface area (Å²) in [4.78, 5) is 10.9. The molecule has 0 aromatic carbocycles. The van der Waals surface area contributed by atoms with Crippen molar-refractivity contribution in [1.82, 2.24) is 0 Å². The van der Waals surface area contributed by atoms with E-state index in [0.29, 0.717) is 0 Å². The van der Waals surface area contributed by atoms with Crippen LogP contribution in [0.4, 0.5) is 0 Å². The highest BCUT2D eigenvalue weighted by Crippen LogP contribution is 2.30. The Balaban J connectivity index is 2.32. The molecule has 0 aromatic rings. The van der Waals surface area contributed by atoms with Gasteiger partial charge in [0.2, 0.25) is 0 Å². The number of carbonyl (C=O) groups excluding carboxylic acids is 1. The summed E-state index contributed by atoms with van der Waals surface area (Å²) in [5.41, 5.74) is 0. The van der Waals surface area contributed by atoms with E-state index < -0.39 is 4.29 Å². The van der Waals surface area contributed by atoms with E-state index in [1.54, 1.807) is 0 Å². The molecule has 1 saturated carbocycles. The van der Waals surface area contributed by atoms with Gasteiger partial charge in [-0.15, -0.1) is 11.6 Å². The van der Waals surface area contributed by atoms with Gasteiger partial charge in [0, 0.05) is 5.92 Å². The molecule has 1 fully saturated rings. The first-order valence-corrected chi connectivity index (χ1v) is 4.39. The lowest BCUT2D eigenvalue weighted by molar-refractivity contribution is -0.123. The Bertz CT molecular complexity index is 120. The van der Waals surface area contributed by atoms with Gasteiger partial charge in [0.05, 0.1) is 0 Å². The summed E-state index contributed by atoms with van der Waals surface area (Å²) in [5.74, 6) is 0.412. The highest BCUT2D eigenvalue weighted by Gasteiger charge is 2.28. The number of hydrogen-bond acceptors (Lipinski definition) is 1. The number of Topliss-reactive ketones (excluding diaryl/α,β-unsaturated/α-hetero) is 1. The molecule has 0 saturated heterocycles. The zero-order valence-electron chi connectivity index (χ0n) is 4.94. The van der Waals surface area contributed by atoms with Gasteiger partial charge in [-0.1, -0.05) is 22.4 Å². The van der Waals surface area contributed by atoms with E-state index in [-0.39, 0.29) is 11.7 Å². The van der Waals surface area contributed by atoms with Crippen LogP contribution in [0.25, 0.3) is 0 Å². The van der Waals surface area contributed by atoms with Crippen molar-refractivity contribution < 1.29 is 4.79 Å². The lowest BCUT2D eigenvalue weighted by Crippen LogP contribution is -2.25. The molecule has 0 heterocycles. The van der Waals surface area contributed by atoms with Gasteiger partial charge in [0.1, 0.15) is 4.29 Å². The van der Waals surface area contributed by atoms with Crippen molar-refractivity contribution in [2.75, 3.05) is 0 Å². The minimum Gasteiger partial charge on any atom is -0.297 e. The molecular formula is C6H8BrClO. The summed E-state index contributed by atoms with van der Waals surface area (Å²) in [5, 5.41) is 0. The summed E-state index contributed by atoms with van der Waals surface area (Å²) in [6.07, 6.45) is 3.26. The summed E-state index contributed by atoms with van der Waals surface area (Å²) in [7, 11) is 0. The third-order valence-electron chi connectivity index (χ3n) is 1.72. The Morgan fingerprint density at radius 1 is 1.67 bits per heavy atom. The van der Waals surface area contributed by atoms with Crippen molar-refractivity contribution in [2.45, 2.75) is 23.5 Å². The molecule has 0 spiro atoms. The van der Waals surface area contributed by atoms with Crippen LogP contribution in [0.3, 0.4) is 0 Å². The molecule has 1 atom stereocenters. The first-order valence-electron chi connectivity index (χ1n) is 3.03. The molecule has 0 N–H and O–H groups in total. The Labute approximate surface area is 67.9 Å². The SMILES string of the molecule is O=C(C(Cl)Br)C1CCC1. The molecule has 0 aliphatic heterocycles. The number of carbonyl (C=O) groups is 1. The van der Waals surface area contributed by atoms with Crippen LogP contribution in [0.15, 0.2) is 0 Å². The monoisotopic (exact) mass is 210 g/mol. The molecule has 1 rings (SSSR count). The lowest BCUT2D eigenvalue weighted by Gasteiger charge is -2.23. The number of hydrogen-bond donors (Lipinski definition) is 0. The maximum absolute atomic E-state index is 10.9. The Morgan fingerprint density at radius 3 is 2.33 bits per heavy atom. The van der Waals surface area contributed by atoms with E-state index >= 15 is 0 Å². The molecule has 0 aromatic heterocycles. The molecule has 3 heteroatoms. The predicted octanol–water partition coefficient (Wildman–Crippen LogP) is 2.32. The zero-order chi connectivity index (χ0) is 6.85. The van der Waals surface area contributed by atoms with Crippen molar-refractivity contribution in [3.05, 3.63) is 0 Å². The summed E-state index contributed by atoms with van der Waals surface area (Å²) in [6, 6.07) is 0. The number of ketones is 1. The Kier molecular flexibility index (Phi) is 2.53. The van der Waals surface area contributed by atoms with Gasteiger partial charge < -0.3 is 0 Å². The topological polar surface area (TPSA) is 17.1 Å². The fourth-order valence-corrected chi connectivity index (χ4v) is 1.42. The van der Waals surface area contributed by atoms with Crippen molar-refractivity contribution in [2.24, 2.45) is 5.92 Å². The minimum atomic E-state index is -0.456.